The first-order valence-corrected chi connectivity index (χ1v) is 7.18. The van der Waals surface area contributed by atoms with Crippen molar-refractivity contribution in [2.24, 2.45) is 0 Å². The fraction of sp³-hybridized carbons (Fsp3) is 0.118. The van der Waals surface area contributed by atoms with Crippen LogP contribution >= 0.6 is 0 Å². The van der Waals surface area contributed by atoms with Crippen LogP contribution in [0, 0.1) is 21.4 Å². The Morgan fingerprint density at radius 1 is 1.24 bits per heavy atom. The molecule has 0 unspecified atom stereocenters. The van der Waals surface area contributed by atoms with E-state index < -0.39 is 22.8 Å². The van der Waals surface area contributed by atoms with Crippen LogP contribution in [0.4, 0.5) is 5.69 Å². The van der Waals surface area contributed by atoms with E-state index in [0.717, 1.165) is 6.07 Å². The maximum Gasteiger partial charge on any atom is 0.326 e. The highest BCUT2D eigenvalue weighted by atomic mass is 16.6. The maximum absolute atomic E-state index is 12.2. The van der Waals surface area contributed by atoms with Crippen LogP contribution in [0.25, 0.3) is 0 Å². The lowest BCUT2D eigenvalue weighted by atomic mass is 10.0. The number of hydrogen-bond acceptors (Lipinski definition) is 5. The molecule has 0 spiro atoms. The zero-order valence-electron chi connectivity index (χ0n) is 12.9. The number of carboxylic acid groups (broad SMARTS) is 1. The molecule has 0 radical (unpaired) electrons. The fourth-order valence-corrected chi connectivity index (χ4v) is 2.21. The Hall–Kier alpha value is -3.73. The molecule has 2 aromatic rings. The molecule has 126 valence electrons. The molecule has 2 aromatic carbocycles. The normalized spacial score (nSPS) is 11.2. The molecule has 0 heterocycles. The fourth-order valence-electron chi connectivity index (χ4n) is 2.21. The van der Waals surface area contributed by atoms with Crippen LogP contribution in [0.15, 0.2) is 48.5 Å². The number of aliphatic carboxylic acids is 1. The van der Waals surface area contributed by atoms with E-state index in [1.807, 2.05) is 6.07 Å². The summed E-state index contributed by atoms with van der Waals surface area (Å²) in [6.07, 6.45) is -0.0223. The highest BCUT2D eigenvalue weighted by molar-refractivity contribution is 5.97. The zero-order chi connectivity index (χ0) is 18.4. The van der Waals surface area contributed by atoms with Crippen LogP contribution in [0.5, 0.6) is 0 Å². The van der Waals surface area contributed by atoms with Crippen molar-refractivity contribution in [1.29, 1.82) is 5.26 Å². The number of hydrogen-bond donors (Lipinski definition) is 2. The maximum atomic E-state index is 12.2. The standard InChI is InChI=1S/C17H13N3O5/c18-10-12-4-1-3-11(7-12)8-15(17(22)23)19-16(21)13-5-2-6-14(9-13)20(24)25/h1-7,9,15H,8H2,(H,19,21)(H,22,23)/t15-/m0/s1. The van der Waals surface area contributed by atoms with Crippen molar-refractivity contribution >= 4 is 17.6 Å². The number of rotatable bonds is 6. The first kappa shape index (κ1) is 17.6. The van der Waals surface area contributed by atoms with Gasteiger partial charge < -0.3 is 10.4 Å². The number of amides is 1. The molecule has 0 aliphatic heterocycles. The highest BCUT2D eigenvalue weighted by Gasteiger charge is 2.22. The van der Waals surface area contributed by atoms with Gasteiger partial charge in [0.2, 0.25) is 0 Å². The van der Waals surface area contributed by atoms with E-state index in [2.05, 4.69) is 5.32 Å². The first-order chi connectivity index (χ1) is 11.9. The Morgan fingerprint density at radius 3 is 2.60 bits per heavy atom. The summed E-state index contributed by atoms with van der Waals surface area (Å²) in [5, 5.41) is 31.3. The van der Waals surface area contributed by atoms with Gasteiger partial charge in [0.15, 0.2) is 0 Å². The summed E-state index contributed by atoms with van der Waals surface area (Å²) in [6.45, 7) is 0. The number of nitro benzene ring substituents is 1. The Balaban J connectivity index is 2.17. The monoisotopic (exact) mass is 339 g/mol. The summed E-state index contributed by atoms with van der Waals surface area (Å²) in [6, 6.07) is 12.1. The minimum atomic E-state index is -1.25. The Kier molecular flexibility index (Phi) is 5.43. The van der Waals surface area contributed by atoms with E-state index in [0.29, 0.717) is 11.1 Å². The summed E-state index contributed by atoms with van der Waals surface area (Å²) < 4.78 is 0. The third kappa shape index (κ3) is 4.62. The summed E-state index contributed by atoms with van der Waals surface area (Å²) in [7, 11) is 0. The van der Waals surface area contributed by atoms with Gasteiger partial charge in [-0.1, -0.05) is 18.2 Å². The average molecular weight is 339 g/mol. The van der Waals surface area contributed by atoms with Gasteiger partial charge in [-0.2, -0.15) is 5.26 Å². The van der Waals surface area contributed by atoms with E-state index in [1.54, 1.807) is 18.2 Å². The van der Waals surface area contributed by atoms with E-state index in [4.69, 9.17) is 5.26 Å². The molecule has 1 amide bonds. The average Bonchev–Trinajstić information content (AvgIpc) is 2.61. The van der Waals surface area contributed by atoms with Crippen molar-refractivity contribution in [3.63, 3.8) is 0 Å². The van der Waals surface area contributed by atoms with Crippen LogP contribution in [0.3, 0.4) is 0 Å². The highest BCUT2D eigenvalue weighted by Crippen LogP contribution is 2.14. The minimum Gasteiger partial charge on any atom is -0.480 e. The number of carbonyl (C=O) groups excluding carboxylic acids is 1. The second-order valence-electron chi connectivity index (χ2n) is 5.19. The molecule has 0 bridgehead atoms. The van der Waals surface area contributed by atoms with Gasteiger partial charge in [0.25, 0.3) is 11.6 Å². The Labute approximate surface area is 142 Å². The lowest BCUT2D eigenvalue weighted by molar-refractivity contribution is -0.384. The number of benzene rings is 2. The van der Waals surface area contributed by atoms with Crippen LogP contribution in [0.1, 0.15) is 21.5 Å². The molecule has 8 nitrogen and oxygen atoms in total. The molecule has 0 aliphatic carbocycles. The first-order valence-electron chi connectivity index (χ1n) is 7.18. The third-order valence-corrected chi connectivity index (χ3v) is 3.42. The smallest absolute Gasteiger partial charge is 0.326 e. The number of nitrogens with one attached hydrogen (secondary N) is 1. The lowest BCUT2D eigenvalue weighted by Crippen LogP contribution is -2.42. The van der Waals surface area contributed by atoms with Gasteiger partial charge in [0.1, 0.15) is 6.04 Å². The second kappa shape index (κ2) is 7.70. The molecular weight excluding hydrogens is 326 g/mol. The molecule has 0 aliphatic rings. The molecule has 0 aromatic heterocycles. The van der Waals surface area contributed by atoms with Gasteiger partial charge in [-0.15, -0.1) is 0 Å². The van der Waals surface area contributed by atoms with Crippen molar-refractivity contribution < 1.29 is 19.6 Å². The summed E-state index contributed by atoms with van der Waals surface area (Å²) in [4.78, 5) is 33.7. The van der Waals surface area contributed by atoms with Crippen molar-refractivity contribution in [3.05, 3.63) is 75.3 Å². The topological polar surface area (TPSA) is 133 Å². The predicted octanol–water partition coefficient (Wildman–Crippen LogP) is 1.89. The summed E-state index contributed by atoms with van der Waals surface area (Å²) >= 11 is 0. The van der Waals surface area contributed by atoms with Crippen LogP contribution in [-0.4, -0.2) is 27.9 Å². The molecule has 0 saturated carbocycles. The predicted molar refractivity (Wildman–Crippen MR) is 86.8 cm³/mol. The number of carbonyl (C=O) groups is 2. The molecule has 25 heavy (non-hydrogen) atoms. The summed E-state index contributed by atoms with van der Waals surface area (Å²) in [5.41, 5.74) is 0.685. The van der Waals surface area contributed by atoms with E-state index in [1.165, 1.54) is 24.3 Å². The Morgan fingerprint density at radius 2 is 1.96 bits per heavy atom. The summed E-state index contributed by atoms with van der Waals surface area (Å²) in [5.74, 6) is -1.98. The Bertz CT molecular complexity index is 873. The van der Waals surface area contributed by atoms with Gasteiger partial charge >= 0.3 is 5.97 Å². The second-order valence-corrected chi connectivity index (χ2v) is 5.19. The minimum absolute atomic E-state index is 0.00812. The zero-order valence-corrected chi connectivity index (χ0v) is 12.9. The van der Waals surface area contributed by atoms with E-state index in [9.17, 15) is 24.8 Å². The van der Waals surface area contributed by atoms with Gasteiger partial charge in [-0.05, 0) is 23.8 Å². The number of nitrogens with zero attached hydrogens (tertiary/aromatic N) is 2. The van der Waals surface area contributed by atoms with Crippen molar-refractivity contribution in [2.75, 3.05) is 0 Å². The third-order valence-electron chi connectivity index (χ3n) is 3.42. The molecule has 2 N–H and O–H groups in total. The number of nitriles is 1. The number of carboxylic acids is 1. The van der Waals surface area contributed by atoms with E-state index >= 15 is 0 Å². The molecule has 2 rings (SSSR count). The van der Waals surface area contributed by atoms with Gasteiger partial charge in [-0.3, -0.25) is 14.9 Å². The van der Waals surface area contributed by atoms with Gasteiger partial charge in [0, 0.05) is 24.1 Å². The van der Waals surface area contributed by atoms with Crippen molar-refractivity contribution in [1.82, 2.24) is 5.32 Å². The molecule has 1 atom stereocenters. The SMILES string of the molecule is N#Cc1cccc(C[C@H](NC(=O)c2cccc([N+](=O)[O-])c2)C(=O)O)c1. The van der Waals surface area contributed by atoms with Crippen LogP contribution < -0.4 is 5.32 Å². The quantitative estimate of drug-likeness (QED) is 0.610. The van der Waals surface area contributed by atoms with Crippen molar-refractivity contribution in [2.45, 2.75) is 12.5 Å². The van der Waals surface area contributed by atoms with E-state index in [-0.39, 0.29) is 17.7 Å². The van der Waals surface area contributed by atoms with Crippen molar-refractivity contribution in [3.8, 4) is 6.07 Å². The molecule has 0 saturated heterocycles. The van der Waals surface area contributed by atoms with Crippen LogP contribution in [0.2, 0.25) is 0 Å². The number of nitro groups is 1. The lowest BCUT2D eigenvalue weighted by Gasteiger charge is -2.15. The molecule has 8 heteroatoms. The van der Waals surface area contributed by atoms with Gasteiger partial charge in [0.05, 0.1) is 16.6 Å². The number of non-ortho nitro benzene ring substituents is 1. The molecule has 0 fully saturated rings. The largest absolute Gasteiger partial charge is 0.480 e. The van der Waals surface area contributed by atoms with Crippen LogP contribution in [-0.2, 0) is 11.2 Å². The van der Waals surface area contributed by atoms with Gasteiger partial charge in [-0.25, -0.2) is 4.79 Å². The molecular formula is C17H13N3O5.